The van der Waals surface area contributed by atoms with Gasteiger partial charge >= 0.3 is 11.9 Å². The molecule has 4 rings (SSSR count). The SMILES string of the molecule is CCO[C@H](Cc1ccc(OC(C)C(=O)NCCc2ccc(C(C)(C)C)cc2)cc1)C(=O)O.CCO[C@H](Cc1ccc(OC(C)C(=O)NCCc2ccccc2Cl)cc1)C(=O)O. The molecule has 0 radical (unpaired) electrons. The van der Waals surface area contributed by atoms with Gasteiger partial charge in [0.2, 0.25) is 0 Å². The van der Waals surface area contributed by atoms with Gasteiger partial charge in [0.05, 0.1) is 0 Å². The van der Waals surface area contributed by atoms with Crippen molar-refractivity contribution in [3.8, 4) is 11.5 Å². The van der Waals surface area contributed by atoms with Crippen LogP contribution in [0.2, 0.25) is 5.02 Å². The maximum absolute atomic E-state index is 12.4. The molecule has 0 bridgehead atoms. The molecular formula is C48H61ClN2O10. The van der Waals surface area contributed by atoms with Crippen LogP contribution in [0, 0.1) is 0 Å². The Morgan fingerprint density at radius 3 is 1.41 bits per heavy atom. The topological polar surface area (TPSA) is 170 Å². The van der Waals surface area contributed by atoms with Gasteiger partial charge in [-0.05, 0) is 104 Å². The number of nitrogens with one attached hydrogen (secondary N) is 2. The lowest BCUT2D eigenvalue weighted by molar-refractivity contribution is -0.150. The minimum absolute atomic E-state index is 0.124. The Morgan fingerprint density at radius 2 is 1.02 bits per heavy atom. The average molecular weight is 861 g/mol. The Morgan fingerprint density at radius 1 is 0.607 bits per heavy atom. The first-order valence-electron chi connectivity index (χ1n) is 20.6. The molecule has 0 aliphatic carbocycles. The monoisotopic (exact) mass is 860 g/mol. The van der Waals surface area contributed by atoms with Crippen molar-refractivity contribution >= 4 is 35.4 Å². The lowest BCUT2D eigenvalue weighted by Gasteiger charge is -2.19. The first-order valence-corrected chi connectivity index (χ1v) is 21.0. The molecule has 0 aliphatic rings. The van der Waals surface area contributed by atoms with Crippen LogP contribution < -0.4 is 20.1 Å². The number of ether oxygens (including phenoxy) is 4. The molecule has 4 aromatic rings. The smallest absolute Gasteiger partial charge is 0.333 e. The number of carboxylic acids is 2. The van der Waals surface area contributed by atoms with Crippen molar-refractivity contribution in [2.75, 3.05) is 26.3 Å². The maximum atomic E-state index is 12.4. The van der Waals surface area contributed by atoms with Gasteiger partial charge in [0.15, 0.2) is 24.4 Å². The Balaban J connectivity index is 0.000000327. The number of halogens is 1. The number of hydrogen-bond acceptors (Lipinski definition) is 8. The lowest BCUT2D eigenvalue weighted by Crippen LogP contribution is -2.37. The fraction of sp³-hybridized carbons (Fsp3) is 0.417. The zero-order valence-corrected chi connectivity index (χ0v) is 37.0. The summed E-state index contributed by atoms with van der Waals surface area (Å²) in [5, 5.41) is 24.8. The van der Waals surface area contributed by atoms with Gasteiger partial charge in [-0.25, -0.2) is 9.59 Å². The molecule has 4 N–H and O–H groups in total. The zero-order chi connectivity index (χ0) is 45.0. The fourth-order valence-corrected chi connectivity index (χ4v) is 6.23. The van der Waals surface area contributed by atoms with Crippen molar-refractivity contribution in [1.82, 2.24) is 10.6 Å². The number of hydrogen-bond donors (Lipinski definition) is 4. The summed E-state index contributed by atoms with van der Waals surface area (Å²) in [6.45, 7) is 15.1. The van der Waals surface area contributed by atoms with E-state index >= 15 is 0 Å². The second kappa shape index (κ2) is 25.4. The Bertz CT molecular complexity index is 1960. The molecule has 0 fully saturated rings. The van der Waals surface area contributed by atoms with E-state index in [0.29, 0.717) is 49.2 Å². The van der Waals surface area contributed by atoms with Crippen LogP contribution in [0.25, 0.3) is 0 Å². The molecule has 2 unspecified atom stereocenters. The molecule has 0 spiro atoms. The van der Waals surface area contributed by atoms with E-state index in [-0.39, 0.29) is 30.1 Å². The van der Waals surface area contributed by atoms with E-state index in [1.54, 1.807) is 76.2 Å². The van der Waals surface area contributed by atoms with E-state index in [2.05, 4.69) is 55.7 Å². The molecule has 0 saturated carbocycles. The van der Waals surface area contributed by atoms with Crippen LogP contribution in [0.1, 0.15) is 76.3 Å². The first-order chi connectivity index (χ1) is 29.0. The predicted molar refractivity (Wildman–Crippen MR) is 237 cm³/mol. The molecule has 0 heterocycles. The fourth-order valence-electron chi connectivity index (χ4n) is 6.00. The van der Waals surface area contributed by atoms with Crippen LogP contribution in [0.15, 0.2) is 97.1 Å². The molecule has 2 amide bonds. The molecule has 13 heteroatoms. The molecule has 4 atom stereocenters. The molecule has 330 valence electrons. The second-order valence-corrected chi connectivity index (χ2v) is 15.8. The number of carbonyl (C=O) groups is 4. The Labute approximate surface area is 364 Å². The van der Waals surface area contributed by atoms with Crippen LogP contribution in [0.4, 0.5) is 0 Å². The average Bonchev–Trinajstić information content (AvgIpc) is 3.22. The van der Waals surface area contributed by atoms with Crippen LogP contribution >= 0.6 is 11.6 Å². The van der Waals surface area contributed by atoms with Gasteiger partial charge in [-0.1, -0.05) is 99.1 Å². The van der Waals surface area contributed by atoms with Crippen molar-refractivity contribution in [2.24, 2.45) is 0 Å². The highest BCUT2D eigenvalue weighted by molar-refractivity contribution is 6.31. The predicted octanol–water partition coefficient (Wildman–Crippen LogP) is 7.64. The Hall–Kier alpha value is -5.43. The van der Waals surface area contributed by atoms with Gasteiger partial charge in [-0.3, -0.25) is 9.59 Å². The summed E-state index contributed by atoms with van der Waals surface area (Å²) in [6.07, 6.45) is -1.13. The summed E-state index contributed by atoms with van der Waals surface area (Å²) in [7, 11) is 0. The van der Waals surface area contributed by atoms with Gasteiger partial charge in [0, 0.05) is 44.2 Å². The Kier molecular flexibility index (Phi) is 20.8. The summed E-state index contributed by atoms with van der Waals surface area (Å²) in [5.74, 6) is -1.29. The molecular weight excluding hydrogens is 800 g/mol. The van der Waals surface area contributed by atoms with Crippen LogP contribution in [0.3, 0.4) is 0 Å². The van der Waals surface area contributed by atoms with Crippen molar-refractivity contribution in [3.63, 3.8) is 0 Å². The van der Waals surface area contributed by atoms with E-state index in [1.807, 2.05) is 24.3 Å². The minimum atomic E-state index is -0.991. The van der Waals surface area contributed by atoms with Gasteiger partial charge in [0.25, 0.3) is 11.8 Å². The lowest BCUT2D eigenvalue weighted by atomic mass is 9.86. The quantitative estimate of drug-likeness (QED) is 0.0616. The highest BCUT2D eigenvalue weighted by Gasteiger charge is 2.20. The summed E-state index contributed by atoms with van der Waals surface area (Å²) in [5.41, 5.74) is 5.20. The summed E-state index contributed by atoms with van der Waals surface area (Å²) < 4.78 is 21.9. The molecule has 0 aromatic heterocycles. The van der Waals surface area contributed by atoms with Gasteiger partial charge in [0.1, 0.15) is 11.5 Å². The number of benzene rings is 4. The highest BCUT2D eigenvalue weighted by atomic mass is 35.5. The van der Waals surface area contributed by atoms with Crippen molar-refractivity contribution < 1.29 is 48.3 Å². The molecule has 12 nitrogen and oxygen atoms in total. The standard InChI is InChI=1S/C26H35NO5.C22H26ClNO5/c1-6-31-23(25(29)30)17-20-9-13-22(14-10-20)32-18(2)24(28)27-16-15-19-7-11-21(12-8-19)26(3,4)5;1-3-28-20(22(26)27)14-16-8-10-18(11-9-16)29-15(2)21(25)24-13-12-17-6-4-5-7-19(17)23/h7-14,18,23H,6,15-17H2,1-5H3,(H,27,28)(H,29,30);4-11,15,20H,3,12-14H2,1-2H3,(H,24,25)(H,26,27)/t18?,23-;15?,20-/m11/s1. The second-order valence-electron chi connectivity index (χ2n) is 15.4. The molecule has 61 heavy (non-hydrogen) atoms. The number of carboxylic acid groups (broad SMARTS) is 2. The number of carbonyl (C=O) groups excluding carboxylic acids is 2. The van der Waals surface area contributed by atoms with Crippen molar-refractivity contribution in [1.29, 1.82) is 0 Å². The maximum Gasteiger partial charge on any atom is 0.333 e. The van der Waals surface area contributed by atoms with E-state index in [4.69, 9.17) is 35.7 Å². The van der Waals surface area contributed by atoms with E-state index in [1.165, 1.54) is 11.1 Å². The number of amides is 2. The summed E-state index contributed by atoms with van der Waals surface area (Å²) in [6, 6.07) is 30.0. The molecule has 0 saturated heterocycles. The van der Waals surface area contributed by atoms with Crippen molar-refractivity contribution in [2.45, 2.75) is 104 Å². The third-order valence-corrected chi connectivity index (χ3v) is 9.89. The molecule has 4 aromatic carbocycles. The van der Waals surface area contributed by atoms with E-state index < -0.39 is 36.4 Å². The first kappa shape index (κ1) is 49.9. The zero-order valence-electron chi connectivity index (χ0n) is 36.2. The van der Waals surface area contributed by atoms with Crippen LogP contribution in [-0.2, 0) is 59.8 Å². The van der Waals surface area contributed by atoms with Gasteiger partial charge < -0.3 is 39.8 Å². The number of rotatable bonds is 22. The van der Waals surface area contributed by atoms with E-state index in [9.17, 15) is 24.3 Å². The van der Waals surface area contributed by atoms with Crippen molar-refractivity contribution in [3.05, 3.63) is 130 Å². The number of aliphatic carboxylic acids is 2. The van der Waals surface area contributed by atoms with Gasteiger partial charge in [-0.2, -0.15) is 0 Å². The summed E-state index contributed by atoms with van der Waals surface area (Å²) in [4.78, 5) is 47.0. The van der Waals surface area contributed by atoms with Gasteiger partial charge in [-0.15, -0.1) is 0 Å². The minimum Gasteiger partial charge on any atom is -0.481 e. The van der Waals surface area contributed by atoms with E-state index in [0.717, 1.165) is 23.1 Å². The molecule has 0 aliphatic heterocycles. The highest BCUT2D eigenvalue weighted by Crippen LogP contribution is 2.23. The summed E-state index contributed by atoms with van der Waals surface area (Å²) >= 11 is 6.11. The third kappa shape index (κ3) is 18.0. The normalized spacial score (nSPS) is 13.0. The van der Waals surface area contributed by atoms with Crippen LogP contribution in [0.5, 0.6) is 11.5 Å². The third-order valence-electron chi connectivity index (χ3n) is 9.52. The largest absolute Gasteiger partial charge is 0.481 e. The van der Waals surface area contributed by atoms with Crippen LogP contribution in [-0.4, -0.2) is 84.7 Å².